The predicted molar refractivity (Wildman–Crippen MR) is 72.2 cm³/mol. The number of fused-ring (bicyclic) bond motifs is 1. The molecule has 2 heterocycles. The molecule has 3 aromatic rings. The quantitative estimate of drug-likeness (QED) is 0.701. The molecule has 0 fully saturated rings. The highest BCUT2D eigenvalue weighted by atomic mass is 35.5. The van der Waals surface area contributed by atoms with Crippen LogP contribution in [0.1, 0.15) is 0 Å². The first-order chi connectivity index (χ1) is 8.78. The average Bonchev–Trinajstić information content (AvgIpc) is 2.82. The summed E-state index contributed by atoms with van der Waals surface area (Å²) in [5.74, 6) is 0.755. The van der Waals surface area contributed by atoms with Crippen molar-refractivity contribution in [2.45, 2.75) is 0 Å². The van der Waals surface area contributed by atoms with E-state index in [1.165, 1.54) is 0 Å². The van der Waals surface area contributed by atoms with Gasteiger partial charge in [0.2, 0.25) is 0 Å². The summed E-state index contributed by atoms with van der Waals surface area (Å²) in [7, 11) is 1.64. The summed E-state index contributed by atoms with van der Waals surface area (Å²) in [4.78, 5) is 4.57. The summed E-state index contributed by atoms with van der Waals surface area (Å²) >= 11 is 5.99. The normalized spacial score (nSPS) is 10.8. The molecule has 0 saturated heterocycles. The Morgan fingerprint density at radius 1 is 1.22 bits per heavy atom. The topological polar surface area (TPSA) is 26.5 Å². The van der Waals surface area contributed by atoms with Crippen molar-refractivity contribution in [2.24, 2.45) is 0 Å². The first kappa shape index (κ1) is 11.1. The van der Waals surface area contributed by atoms with Crippen LogP contribution in [-0.2, 0) is 0 Å². The van der Waals surface area contributed by atoms with Gasteiger partial charge >= 0.3 is 0 Å². The van der Waals surface area contributed by atoms with Crippen LogP contribution >= 0.6 is 11.6 Å². The van der Waals surface area contributed by atoms with Gasteiger partial charge in [0.1, 0.15) is 0 Å². The predicted octanol–water partition coefficient (Wildman–Crippen LogP) is 3.66. The van der Waals surface area contributed by atoms with E-state index in [4.69, 9.17) is 16.3 Å². The lowest BCUT2D eigenvalue weighted by Crippen LogP contribution is -1.88. The van der Waals surface area contributed by atoms with Gasteiger partial charge in [-0.2, -0.15) is 0 Å². The Kier molecular flexibility index (Phi) is 2.68. The molecule has 2 aromatic heterocycles. The first-order valence-corrected chi connectivity index (χ1v) is 5.93. The van der Waals surface area contributed by atoms with Crippen LogP contribution in [0.25, 0.3) is 16.9 Å². The van der Waals surface area contributed by atoms with Crippen molar-refractivity contribution < 1.29 is 4.74 Å². The minimum atomic E-state index is 0.705. The highest BCUT2D eigenvalue weighted by molar-refractivity contribution is 6.30. The molecule has 3 rings (SSSR count). The molecule has 0 spiro atoms. The van der Waals surface area contributed by atoms with Gasteiger partial charge in [0.25, 0.3) is 0 Å². The molecule has 4 heteroatoms. The monoisotopic (exact) mass is 258 g/mol. The zero-order chi connectivity index (χ0) is 12.5. The van der Waals surface area contributed by atoms with Crippen molar-refractivity contribution in [2.75, 3.05) is 7.11 Å². The molecule has 0 unspecified atom stereocenters. The first-order valence-electron chi connectivity index (χ1n) is 5.55. The molecule has 18 heavy (non-hydrogen) atoms. The minimum Gasteiger partial charge on any atom is -0.493 e. The van der Waals surface area contributed by atoms with Crippen LogP contribution in [0.2, 0.25) is 5.02 Å². The fraction of sp³-hybridized carbons (Fsp3) is 0.0714. The number of rotatable bonds is 2. The summed E-state index contributed by atoms with van der Waals surface area (Å²) in [6.07, 6.45) is 3.91. The van der Waals surface area contributed by atoms with Gasteiger partial charge in [-0.3, -0.25) is 0 Å². The smallest absolute Gasteiger partial charge is 0.180 e. The Labute approximate surface area is 110 Å². The number of halogens is 1. The van der Waals surface area contributed by atoms with Gasteiger partial charge in [-0.25, -0.2) is 4.98 Å². The maximum Gasteiger partial charge on any atom is 0.180 e. The molecule has 0 aliphatic carbocycles. The second-order valence-corrected chi connectivity index (χ2v) is 4.38. The SMILES string of the molecule is COc1cccn2cc(-c3cccc(Cl)c3)nc12. The van der Waals surface area contributed by atoms with Crippen molar-refractivity contribution in [3.8, 4) is 17.0 Å². The Bertz CT molecular complexity index is 706. The highest BCUT2D eigenvalue weighted by Gasteiger charge is 2.08. The number of methoxy groups -OCH3 is 1. The molecule has 3 nitrogen and oxygen atoms in total. The fourth-order valence-corrected chi connectivity index (χ4v) is 2.12. The maximum atomic E-state index is 5.99. The average molecular weight is 259 g/mol. The van der Waals surface area contributed by atoms with Gasteiger partial charge in [0.15, 0.2) is 11.4 Å². The molecule has 0 atom stereocenters. The van der Waals surface area contributed by atoms with Gasteiger partial charge in [-0.15, -0.1) is 0 Å². The molecule has 0 aliphatic rings. The van der Waals surface area contributed by atoms with Crippen LogP contribution in [0.5, 0.6) is 5.75 Å². The van der Waals surface area contributed by atoms with Crippen LogP contribution < -0.4 is 4.74 Å². The molecule has 0 N–H and O–H groups in total. The molecule has 90 valence electrons. The molecule has 0 aliphatic heterocycles. The summed E-state index contributed by atoms with van der Waals surface area (Å²) in [5, 5.41) is 0.705. The van der Waals surface area contributed by atoms with Crippen molar-refractivity contribution in [1.82, 2.24) is 9.38 Å². The van der Waals surface area contributed by atoms with Crippen LogP contribution in [-0.4, -0.2) is 16.5 Å². The molecule has 0 radical (unpaired) electrons. The van der Waals surface area contributed by atoms with Gasteiger partial charge in [0.05, 0.1) is 12.8 Å². The standard InChI is InChI=1S/C14H11ClN2O/c1-18-13-6-3-7-17-9-12(16-14(13)17)10-4-2-5-11(15)8-10/h2-9H,1H3. The van der Waals surface area contributed by atoms with Crippen molar-refractivity contribution in [3.05, 3.63) is 53.8 Å². The van der Waals surface area contributed by atoms with Gasteiger partial charge in [-0.1, -0.05) is 23.7 Å². The summed E-state index contributed by atoms with van der Waals surface area (Å²) in [5.41, 5.74) is 2.67. The summed E-state index contributed by atoms with van der Waals surface area (Å²) in [6, 6.07) is 11.5. The lowest BCUT2D eigenvalue weighted by Gasteiger charge is -1.99. The zero-order valence-corrected chi connectivity index (χ0v) is 10.6. The van der Waals surface area contributed by atoms with Crippen LogP contribution in [0.15, 0.2) is 48.8 Å². The maximum absolute atomic E-state index is 5.99. The van der Waals surface area contributed by atoms with Crippen molar-refractivity contribution in [3.63, 3.8) is 0 Å². The number of ether oxygens (including phenoxy) is 1. The van der Waals surface area contributed by atoms with E-state index in [-0.39, 0.29) is 0 Å². The highest BCUT2D eigenvalue weighted by Crippen LogP contribution is 2.25. The van der Waals surface area contributed by atoms with Crippen LogP contribution in [0.4, 0.5) is 0 Å². The Morgan fingerprint density at radius 3 is 2.89 bits per heavy atom. The lowest BCUT2D eigenvalue weighted by atomic mass is 10.2. The molecule has 0 amide bonds. The Hall–Kier alpha value is -2.00. The van der Waals surface area contributed by atoms with Gasteiger partial charge in [0, 0.05) is 23.0 Å². The molecular weight excluding hydrogens is 248 g/mol. The summed E-state index contributed by atoms with van der Waals surface area (Å²) < 4.78 is 7.23. The number of hydrogen-bond acceptors (Lipinski definition) is 2. The second kappa shape index (κ2) is 4.35. The third-order valence-electron chi connectivity index (χ3n) is 2.79. The lowest BCUT2D eigenvalue weighted by molar-refractivity contribution is 0.417. The van der Waals surface area contributed by atoms with E-state index >= 15 is 0 Å². The zero-order valence-electron chi connectivity index (χ0n) is 9.80. The number of benzene rings is 1. The fourth-order valence-electron chi connectivity index (χ4n) is 1.93. The number of imidazole rings is 1. The van der Waals surface area contributed by atoms with E-state index in [0.717, 1.165) is 22.7 Å². The van der Waals surface area contributed by atoms with Crippen molar-refractivity contribution >= 4 is 17.2 Å². The molecule has 0 saturated carbocycles. The van der Waals surface area contributed by atoms with E-state index in [2.05, 4.69) is 4.98 Å². The number of aromatic nitrogens is 2. The third-order valence-corrected chi connectivity index (χ3v) is 3.02. The largest absolute Gasteiger partial charge is 0.493 e. The van der Waals surface area contributed by atoms with Crippen LogP contribution in [0.3, 0.4) is 0 Å². The second-order valence-electron chi connectivity index (χ2n) is 3.94. The summed E-state index contributed by atoms with van der Waals surface area (Å²) in [6.45, 7) is 0. The van der Waals surface area contributed by atoms with Gasteiger partial charge in [-0.05, 0) is 24.3 Å². The Balaban J connectivity index is 2.19. The Morgan fingerprint density at radius 2 is 2.11 bits per heavy atom. The molecule has 0 bridgehead atoms. The van der Waals surface area contributed by atoms with E-state index < -0.39 is 0 Å². The van der Waals surface area contributed by atoms with E-state index in [9.17, 15) is 0 Å². The van der Waals surface area contributed by atoms with Gasteiger partial charge < -0.3 is 9.14 Å². The van der Waals surface area contributed by atoms with E-state index in [1.807, 2.05) is 53.2 Å². The number of hydrogen-bond donors (Lipinski definition) is 0. The third kappa shape index (κ3) is 1.83. The molecular formula is C14H11ClN2O. The van der Waals surface area contributed by atoms with Crippen LogP contribution in [0, 0.1) is 0 Å². The number of nitrogens with zero attached hydrogens (tertiary/aromatic N) is 2. The molecule has 1 aromatic carbocycles. The van der Waals surface area contributed by atoms with Crippen molar-refractivity contribution in [1.29, 1.82) is 0 Å². The number of pyridine rings is 1. The van der Waals surface area contributed by atoms with E-state index in [0.29, 0.717) is 5.02 Å². The minimum absolute atomic E-state index is 0.705. The van der Waals surface area contributed by atoms with E-state index in [1.54, 1.807) is 7.11 Å².